The van der Waals surface area contributed by atoms with Gasteiger partial charge in [-0.25, -0.2) is 0 Å². The minimum absolute atomic E-state index is 0.107. The van der Waals surface area contributed by atoms with Crippen molar-refractivity contribution >= 4 is 29.5 Å². The molecule has 0 aliphatic heterocycles. The first-order valence-electron chi connectivity index (χ1n) is 3.34. The number of hydrogen-bond acceptors (Lipinski definition) is 3. The molecule has 2 nitrogen and oxygen atoms in total. The summed E-state index contributed by atoms with van der Waals surface area (Å²) >= 11 is 1.49. The van der Waals surface area contributed by atoms with Gasteiger partial charge in [0.15, 0.2) is 0 Å². The van der Waals surface area contributed by atoms with Crippen molar-refractivity contribution in [2.24, 2.45) is 0 Å². The number of fused-ring (bicyclic) bond motifs is 1. The van der Waals surface area contributed by atoms with Gasteiger partial charge in [-0.1, -0.05) is 0 Å². The minimum atomic E-state index is -0.107. The molecule has 2 aromatic rings. The van der Waals surface area contributed by atoms with Crippen molar-refractivity contribution in [1.82, 2.24) is 4.98 Å². The van der Waals surface area contributed by atoms with Gasteiger partial charge in [-0.3, -0.25) is 0 Å². The molecule has 58 valence electrons. The van der Waals surface area contributed by atoms with E-state index in [0.29, 0.717) is 5.01 Å². The Balaban J connectivity index is 2.75. The summed E-state index contributed by atoms with van der Waals surface area (Å²) < 4.78 is 11.3. The van der Waals surface area contributed by atoms with Crippen LogP contribution >= 0.6 is 19.3 Å². The number of benzene rings is 1. The summed E-state index contributed by atoms with van der Waals surface area (Å²) in [6.07, 6.45) is 0. The summed E-state index contributed by atoms with van der Waals surface area (Å²) in [6, 6.07) is 7.80. The molecule has 0 saturated carbocycles. The number of rotatable bonds is 0. The summed E-state index contributed by atoms with van der Waals surface area (Å²) in [5.74, 6) is 0. The van der Waals surface area contributed by atoms with Crippen LogP contribution in [0.25, 0.3) is 10.2 Å². The van der Waals surface area contributed by atoms with E-state index < -0.39 is 0 Å². The number of hydrogen-bond donors (Lipinski definition) is 0. The molecule has 0 aliphatic rings. The zero-order chi connectivity index (χ0) is 8.39. The molecule has 0 unspecified atom stereocenters. The molecule has 1 heterocycles. The molecule has 0 bridgehead atoms. The van der Waals surface area contributed by atoms with Crippen LogP contribution in [-0.4, -0.2) is 4.98 Å². The normalized spacial score (nSPS) is 9.67. The average Bonchev–Trinajstić information content (AvgIpc) is 2.47. The van der Waals surface area contributed by atoms with Crippen molar-refractivity contribution in [1.29, 1.82) is 0 Å². The summed E-state index contributed by atoms with van der Waals surface area (Å²) in [6.45, 7) is 0. The van der Waals surface area contributed by atoms with Gasteiger partial charge in [0.25, 0.3) is 0 Å². The molecule has 0 fully saturated rings. The summed E-state index contributed by atoms with van der Waals surface area (Å²) in [5.41, 5.74) is 3.56. The SMILES string of the molecule is O=P#Cc1nc2ccccc2s1. The topological polar surface area (TPSA) is 30.0 Å². The third kappa shape index (κ3) is 1.35. The van der Waals surface area contributed by atoms with Gasteiger partial charge in [-0.2, -0.15) is 0 Å². The third-order valence-electron chi connectivity index (χ3n) is 1.44. The van der Waals surface area contributed by atoms with E-state index >= 15 is 0 Å². The molecule has 1 aromatic carbocycles. The second-order valence-electron chi connectivity index (χ2n) is 2.19. The van der Waals surface area contributed by atoms with Crippen molar-refractivity contribution in [3.63, 3.8) is 0 Å². The van der Waals surface area contributed by atoms with Crippen molar-refractivity contribution in [3.8, 4) is 5.63 Å². The molecule has 0 atom stereocenters. The number of para-hydroxylation sites is 1. The molecule has 0 saturated heterocycles. The van der Waals surface area contributed by atoms with Crippen LogP contribution in [0.3, 0.4) is 0 Å². The molecule has 0 spiro atoms. The zero-order valence-corrected chi connectivity index (χ0v) is 7.73. The van der Waals surface area contributed by atoms with Gasteiger partial charge >= 0.3 is 73.9 Å². The maximum atomic E-state index is 10.2. The Bertz CT molecular complexity index is 481. The van der Waals surface area contributed by atoms with Crippen LogP contribution in [0.1, 0.15) is 5.01 Å². The van der Waals surface area contributed by atoms with Crippen LogP contribution in [0.15, 0.2) is 24.3 Å². The van der Waals surface area contributed by atoms with E-state index in [1.54, 1.807) is 0 Å². The Hall–Kier alpha value is -0.880. The fourth-order valence-corrected chi connectivity index (χ4v) is 2.10. The maximum absolute atomic E-state index is 10.2. The zero-order valence-electron chi connectivity index (χ0n) is 6.02. The summed E-state index contributed by atoms with van der Waals surface area (Å²) in [7, 11) is -0.107. The van der Waals surface area contributed by atoms with E-state index in [1.165, 1.54) is 11.3 Å². The Kier molecular flexibility index (Phi) is 2.09. The van der Waals surface area contributed by atoms with Gasteiger partial charge in [0, 0.05) is 0 Å². The Morgan fingerprint density at radius 1 is 1.42 bits per heavy atom. The van der Waals surface area contributed by atoms with Crippen molar-refractivity contribution in [2.75, 3.05) is 0 Å². The van der Waals surface area contributed by atoms with E-state index in [9.17, 15) is 4.57 Å². The van der Waals surface area contributed by atoms with Gasteiger partial charge < -0.3 is 0 Å². The molecular formula is C8H4NOPS. The monoisotopic (exact) mass is 193 g/mol. The fourth-order valence-electron chi connectivity index (χ4n) is 0.959. The summed E-state index contributed by atoms with van der Waals surface area (Å²) in [5, 5.41) is 0.688. The van der Waals surface area contributed by atoms with Crippen molar-refractivity contribution in [3.05, 3.63) is 29.3 Å². The van der Waals surface area contributed by atoms with E-state index in [1.807, 2.05) is 24.3 Å². The Morgan fingerprint density at radius 2 is 2.25 bits per heavy atom. The molecule has 4 heteroatoms. The molecular weight excluding hydrogens is 189 g/mol. The first-order chi connectivity index (χ1) is 5.90. The Labute approximate surface area is 74.4 Å². The Morgan fingerprint density at radius 3 is 3.00 bits per heavy atom. The van der Waals surface area contributed by atoms with Crippen LogP contribution in [-0.2, 0) is 4.57 Å². The van der Waals surface area contributed by atoms with Crippen LogP contribution in [0, 0.1) is 5.63 Å². The van der Waals surface area contributed by atoms with E-state index in [-0.39, 0.29) is 7.92 Å². The predicted molar refractivity (Wildman–Crippen MR) is 50.2 cm³/mol. The van der Waals surface area contributed by atoms with Crippen LogP contribution in [0.2, 0.25) is 0 Å². The molecule has 2 rings (SSSR count). The van der Waals surface area contributed by atoms with Crippen LogP contribution < -0.4 is 0 Å². The predicted octanol–water partition coefficient (Wildman–Crippen LogP) is 2.90. The van der Waals surface area contributed by atoms with Crippen LogP contribution in [0.5, 0.6) is 0 Å². The standard InChI is InChI=1S/C8H4NOPS/c10-11-5-8-9-6-3-1-2-4-7(6)12-8/h1-4H. The van der Waals surface area contributed by atoms with Gasteiger partial charge in [0.1, 0.15) is 0 Å². The molecule has 0 radical (unpaired) electrons. The molecule has 0 aliphatic carbocycles. The van der Waals surface area contributed by atoms with Gasteiger partial charge in [0.05, 0.1) is 0 Å². The van der Waals surface area contributed by atoms with Gasteiger partial charge in [-0.15, -0.1) is 0 Å². The number of thiazole rings is 1. The fraction of sp³-hybridized carbons (Fsp3) is 0. The van der Waals surface area contributed by atoms with E-state index in [2.05, 4.69) is 10.6 Å². The first kappa shape index (κ1) is 7.75. The second kappa shape index (κ2) is 3.24. The molecule has 12 heavy (non-hydrogen) atoms. The third-order valence-corrected chi connectivity index (χ3v) is 2.84. The number of aromatic nitrogens is 1. The van der Waals surface area contributed by atoms with Crippen LogP contribution in [0.4, 0.5) is 0 Å². The average molecular weight is 193 g/mol. The molecule has 1 aromatic heterocycles. The van der Waals surface area contributed by atoms with Crippen molar-refractivity contribution in [2.45, 2.75) is 0 Å². The first-order valence-corrected chi connectivity index (χ1v) is 4.97. The van der Waals surface area contributed by atoms with Gasteiger partial charge in [0.2, 0.25) is 0 Å². The molecule has 0 N–H and O–H groups in total. The summed E-state index contributed by atoms with van der Waals surface area (Å²) in [4.78, 5) is 4.20. The second-order valence-corrected chi connectivity index (χ2v) is 3.63. The van der Waals surface area contributed by atoms with E-state index in [4.69, 9.17) is 0 Å². The van der Waals surface area contributed by atoms with Crippen molar-refractivity contribution < 1.29 is 4.57 Å². The quantitative estimate of drug-likeness (QED) is 0.602. The van der Waals surface area contributed by atoms with Gasteiger partial charge in [-0.05, 0) is 0 Å². The van der Waals surface area contributed by atoms with E-state index in [0.717, 1.165) is 10.2 Å². The number of nitrogens with zero attached hydrogens (tertiary/aromatic N) is 1. The molecule has 0 amide bonds.